The molecule has 0 radical (unpaired) electrons. The third-order valence-corrected chi connectivity index (χ3v) is 3.08. The predicted octanol–water partition coefficient (Wildman–Crippen LogP) is 1.63. The van der Waals surface area contributed by atoms with Crippen LogP contribution in [0.2, 0.25) is 5.15 Å². The molecule has 5 nitrogen and oxygen atoms in total. The molecule has 1 atom stereocenters. The fourth-order valence-corrected chi connectivity index (χ4v) is 1.80. The highest BCUT2D eigenvalue weighted by Gasteiger charge is 2.13. The molecule has 0 saturated carbocycles. The molecule has 102 valence electrons. The molecule has 1 aromatic rings. The van der Waals surface area contributed by atoms with Crippen LogP contribution in [0, 0.1) is 0 Å². The van der Waals surface area contributed by atoms with Gasteiger partial charge in [0.05, 0.1) is 11.7 Å². The number of aryl methyl sites for hydroxylation is 1. The van der Waals surface area contributed by atoms with E-state index in [0.29, 0.717) is 11.7 Å². The largest absolute Gasteiger partial charge is 0.358 e. The first-order valence-corrected chi connectivity index (χ1v) is 6.64. The standard InChI is InChI=1S/C12H21ClN4O/c1-4-5-6-10-16-9(11(13)17-10)7-15-8(2)12(18)14-3/h8,15H,4-7H2,1-3H3,(H,14,18)(H,16,17). The Kier molecular flexibility index (Phi) is 6.15. The number of hydrogen-bond acceptors (Lipinski definition) is 3. The molecule has 6 heteroatoms. The Labute approximate surface area is 113 Å². The van der Waals surface area contributed by atoms with Crippen LogP contribution >= 0.6 is 11.6 Å². The number of aromatic amines is 1. The fraction of sp³-hybridized carbons (Fsp3) is 0.667. The van der Waals surface area contributed by atoms with Crippen LogP contribution in [-0.2, 0) is 17.8 Å². The Hall–Kier alpha value is -1.07. The molecule has 0 fully saturated rings. The summed E-state index contributed by atoms with van der Waals surface area (Å²) in [7, 11) is 1.62. The Balaban J connectivity index is 2.51. The van der Waals surface area contributed by atoms with Crippen molar-refractivity contribution in [1.82, 2.24) is 20.6 Å². The number of rotatable bonds is 7. The number of amides is 1. The van der Waals surface area contributed by atoms with E-state index in [9.17, 15) is 4.79 Å². The van der Waals surface area contributed by atoms with E-state index in [-0.39, 0.29) is 11.9 Å². The molecule has 0 aromatic carbocycles. The number of carbonyl (C=O) groups excluding carboxylic acids is 1. The summed E-state index contributed by atoms with van der Waals surface area (Å²) in [6.07, 6.45) is 3.12. The van der Waals surface area contributed by atoms with Gasteiger partial charge in [0.25, 0.3) is 0 Å². The van der Waals surface area contributed by atoms with Crippen molar-refractivity contribution in [2.24, 2.45) is 0 Å². The van der Waals surface area contributed by atoms with Gasteiger partial charge in [0.15, 0.2) is 5.15 Å². The smallest absolute Gasteiger partial charge is 0.236 e. The topological polar surface area (TPSA) is 69.8 Å². The van der Waals surface area contributed by atoms with Crippen molar-refractivity contribution in [3.05, 3.63) is 16.7 Å². The summed E-state index contributed by atoms with van der Waals surface area (Å²) < 4.78 is 0. The normalized spacial score (nSPS) is 12.4. The summed E-state index contributed by atoms with van der Waals surface area (Å²) in [6.45, 7) is 4.45. The van der Waals surface area contributed by atoms with E-state index >= 15 is 0 Å². The van der Waals surface area contributed by atoms with E-state index in [2.05, 4.69) is 27.5 Å². The van der Waals surface area contributed by atoms with Crippen LogP contribution in [0.15, 0.2) is 0 Å². The zero-order chi connectivity index (χ0) is 13.5. The van der Waals surface area contributed by atoms with Crippen LogP contribution in [0.25, 0.3) is 0 Å². The fourth-order valence-electron chi connectivity index (χ4n) is 1.58. The maximum absolute atomic E-state index is 11.3. The quantitative estimate of drug-likeness (QED) is 0.707. The van der Waals surface area contributed by atoms with Gasteiger partial charge in [-0.15, -0.1) is 0 Å². The number of halogens is 1. The van der Waals surface area contributed by atoms with E-state index in [1.165, 1.54) is 0 Å². The Morgan fingerprint density at radius 1 is 1.56 bits per heavy atom. The minimum Gasteiger partial charge on any atom is -0.358 e. The first-order valence-electron chi connectivity index (χ1n) is 6.26. The first kappa shape index (κ1) is 15.0. The minimum absolute atomic E-state index is 0.0446. The zero-order valence-corrected chi connectivity index (χ0v) is 11.9. The van der Waals surface area contributed by atoms with Crippen LogP contribution in [0.1, 0.15) is 38.2 Å². The number of nitrogens with zero attached hydrogens (tertiary/aromatic N) is 1. The molecule has 0 spiro atoms. The second-order valence-electron chi connectivity index (χ2n) is 4.27. The number of imidazole rings is 1. The van der Waals surface area contributed by atoms with Gasteiger partial charge in [-0.3, -0.25) is 4.79 Å². The second kappa shape index (κ2) is 7.38. The van der Waals surface area contributed by atoms with Gasteiger partial charge >= 0.3 is 0 Å². The van der Waals surface area contributed by atoms with Crippen molar-refractivity contribution in [3.63, 3.8) is 0 Å². The predicted molar refractivity (Wildman–Crippen MR) is 72.6 cm³/mol. The average molecular weight is 273 g/mol. The molecule has 0 saturated heterocycles. The molecule has 0 bridgehead atoms. The van der Waals surface area contributed by atoms with E-state index in [4.69, 9.17) is 11.6 Å². The van der Waals surface area contributed by atoms with Crippen molar-refractivity contribution < 1.29 is 4.79 Å². The lowest BCUT2D eigenvalue weighted by atomic mass is 10.2. The Morgan fingerprint density at radius 3 is 2.89 bits per heavy atom. The monoisotopic (exact) mass is 272 g/mol. The van der Waals surface area contributed by atoms with Gasteiger partial charge in [0, 0.05) is 20.0 Å². The maximum Gasteiger partial charge on any atom is 0.236 e. The number of likely N-dealkylation sites (N-methyl/N-ethyl adjacent to an activating group) is 1. The molecule has 1 rings (SSSR count). The summed E-state index contributed by atoms with van der Waals surface area (Å²) in [6, 6.07) is -0.256. The summed E-state index contributed by atoms with van der Waals surface area (Å²) in [4.78, 5) is 18.8. The lowest BCUT2D eigenvalue weighted by Gasteiger charge is -2.11. The van der Waals surface area contributed by atoms with E-state index in [0.717, 1.165) is 30.8 Å². The van der Waals surface area contributed by atoms with Gasteiger partial charge in [0.1, 0.15) is 5.82 Å². The van der Waals surface area contributed by atoms with Gasteiger partial charge in [0.2, 0.25) is 5.91 Å². The van der Waals surface area contributed by atoms with E-state index in [1.54, 1.807) is 14.0 Å². The number of hydrogen-bond donors (Lipinski definition) is 3. The zero-order valence-electron chi connectivity index (χ0n) is 11.1. The lowest BCUT2D eigenvalue weighted by molar-refractivity contribution is -0.122. The molecular formula is C12H21ClN4O. The number of unbranched alkanes of at least 4 members (excludes halogenated alkanes) is 1. The molecular weight excluding hydrogens is 252 g/mol. The van der Waals surface area contributed by atoms with Crippen molar-refractivity contribution in [3.8, 4) is 0 Å². The van der Waals surface area contributed by atoms with Gasteiger partial charge in [-0.05, 0) is 13.3 Å². The third-order valence-electron chi connectivity index (χ3n) is 2.77. The van der Waals surface area contributed by atoms with Crippen LogP contribution in [0.4, 0.5) is 0 Å². The molecule has 1 heterocycles. The van der Waals surface area contributed by atoms with Gasteiger partial charge < -0.3 is 15.6 Å². The van der Waals surface area contributed by atoms with Crippen LogP contribution in [0.3, 0.4) is 0 Å². The Bertz CT molecular complexity index is 391. The second-order valence-corrected chi connectivity index (χ2v) is 4.63. The highest BCUT2D eigenvalue weighted by Crippen LogP contribution is 2.14. The molecule has 1 aromatic heterocycles. The maximum atomic E-state index is 11.3. The van der Waals surface area contributed by atoms with Crippen molar-refractivity contribution in [2.45, 2.75) is 45.7 Å². The molecule has 0 aliphatic carbocycles. The molecule has 3 N–H and O–H groups in total. The number of aromatic nitrogens is 2. The number of nitrogens with one attached hydrogen (secondary N) is 3. The van der Waals surface area contributed by atoms with Gasteiger partial charge in [-0.1, -0.05) is 24.9 Å². The third kappa shape index (κ3) is 4.31. The Morgan fingerprint density at radius 2 is 2.28 bits per heavy atom. The summed E-state index contributed by atoms with van der Waals surface area (Å²) in [5.41, 5.74) is 0.832. The molecule has 0 aliphatic heterocycles. The van der Waals surface area contributed by atoms with Gasteiger partial charge in [-0.25, -0.2) is 4.98 Å². The summed E-state index contributed by atoms with van der Waals surface area (Å²) >= 11 is 6.04. The molecule has 18 heavy (non-hydrogen) atoms. The van der Waals surface area contributed by atoms with E-state index < -0.39 is 0 Å². The molecule has 0 aliphatic rings. The molecule has 1 unspecified atom stereocenters. The van der Waals surface area contributed by atoms with Gasteiger partial charge in [-0.2, -0.15) is 0 Å². The van der Waals surface area contributed by atoms with Crippen molar-refractivity contribution >= 4 is 17.5 Å². The number of carbonyl (C=O) groups is 1. The van der Waals surface area contributed by atoms with Crippen molar-refractivity contribution in [2.75, 3.05) is 7.05 Å². The highest BCUT2D eigenvalue weighted by atomic mass is 35.5. The average Bonchev–Trinajstić information content (AvgIpc) is 2.73. The van der Waals surface area contributed by atoms with E-state index in [1.807, 2.05) is 0 Å². The summed E-state index contributed by atoms with van der Waals surface area (Å²) in [5.74, 6) is 0.864. The first-order chi connectivity index (χ1) is 8.58. The molecule has 1 amide bonds. The van der Waals surface area contributed by atoms with Crippen LogP contribution in [-0.4, -0.2) is 29.0 Å². The number of H-pyrrole nitrogens is 1. The van der Waals surface area contributed by atoms with Crippen LogP contribution < -0.4 is 10.6 Å². The van der Waals surface area contributed by atoms with Crippen molar-refractivity contribution in [1.29, 1.82) is 0 Å². The highest BCUT2D eigenvalue weighted by molar-refractivity contribution is 6.30. The summed E-state index contributed by atoms with van der Waals surface area (Å²) in [5, 5.41) is 6.16. The minimum atomic E-state index is -0.256. The lowest BCUT2D eigenvalue weighted by Crippen LogP contribution is -2.40. The van der Waals surface area contributed by atoms with Crippen LogP contribution in [0.5, 0.6) is 0 Å². The SMILES string of the molecule is CCCCc1nc(Cl)c(CNC(C)C(=O)NC)[nH]1.